The number of rotatable bonds is 4. The van der Waals surface area contributed by atoms with Gasteiger partial charge in [0, 0.05) is 38.6 Å². The van der Waals surface area contributed by atoms with Crippen LogP contribution in [-0.4, -0.2) is 53.5 Å². The molecule has 1 amide bonds. The first-order chi connectivity index (χ1) is 10.7. The Balaban J connectivity index is 1.46. The van der Waals surface area contributed by atoms with Gasteiger partial charge in [-0.15, -0.1) is 0 Å². The van der Waals surface area contributed by atoms with Crippen molar-refractivity contribution in [3.8, 4) is 0 Å². The van der Waals surface area contributed by atoms with Gasteiger partial charge in [-0.2, -0.15) is 0 Å². The largest absolute Gasteiger partial charge is 0.467 e. The number of aliphatic hydroxyl groups is 1. The van der Waals surface area contributed by atoms with Crippen LogP contribution in [0.25, 0.3) is 0 Å². The van der Waals surface area contributed by atoms with Crippen LogP contribution in [0.5, 0.6) is 0 Å². The fourth-order valence-electron chi connectivity index (χ4n) is 3.24. The molecule has 2 atom stereocenters. The Morgan fingerprint density at radius 1 is 1.32 bits per heavy atom. The van der Waals surface area contributed by atoms with Crippen molar-refractivity contribution < 1.29 is 14.3 Å². The van der Waals surface area contributed by atoms with Crippen molar-refractivity contribution in [2.24, 2.45) is 5.92 Å². The molecule has 5 heteroatoms. The average molecular weight is 304 g/mol. The Labute approximate surface area is 131 Å². The van der Waals surface area contributed by atoms with E-state index in [1.807, 2.05) is 4.90 Å². The second kappa shape index (κ2) is 7.11. The van der Waals surface area contributed by atoms with Crippen molar-refractivity contribution in [2.75, 3.05) is 32.7 Å². The van der Waals surface area contributed by atoms with E-state index in [9.17, 15) is 9.90 Å². The highest BCUT2D eigenvalue weighted by atomic mass is 16.4. The van der Waals surface area contributed by atoms with E-state index < -0.39 is 6.10 Å². The van der Waals surface area contributed by atoms with Crippen LogP contribution in [0.15, 0.2) is 35.0 Å². The third kappa shape index (κ3) is 3.59. The minimum Gasteiger partial charge on any atom is -0.467 e. The van der Waals surface area contributed by atoms with Crippen LogP contribution < -0.4 is 0 Å². The lowest BCUT2D eigenvalue weighted by atomic mass is 9.93. The number of allylic oxidation sites excluding steroid dienone is 2. The summed E-state index contributed by atoms with van der Waals surface area (Å²) in [4.78, 5) is 16.7. The lowest BCUT2D eigenvalue weighted by Gasteiger charge is -2.37. The van der Waals surface area contributed by atoms with Crippen molar-refractivity contribution in [3.63, 3.8) is 0 Å². The quantitative estimate of drug-likeness (QED) is 0.862. The molecule has 0 saturated carbocycles. The zero-order valence-corrected chi connectivity index (χ0v) is 12.9. The van der Waals surface area contributed by atoms with Crippen LogP contribution >= 0.6 is 0 Å². The Hall–Kier alpha value is -1.59. The first-order valence-corrected chi connectivity index (χ1v) is 8.11. The number of nitrogens with zero attached hydrogens (tertiary/aromatic N) is 2. The Morgan fingerprint density at radius 3 is 2.77 bits per heavy atom. The molecule has 3 rings (SSSR count). The monoisotopic (exact) mass is 304 g/mol. The van der Waals surface area contributed by atoms with Crippen LogP contribution in [0.4, 0.5) is 0 Å². The average Bonchev–Trinajstić information content (AvgIpc) is 3.10. The van der Waals surface area contributed by atoms with E-state index in [2.05, 4.69) is 17.1 Å². The number of carbonyl (C=O) groups excluding carboxylic acids is 1. The highest BCUT2D eigenvalue weighted by Gasteiger charge is 2.28. The molecule has 2 aliphatic rings. The van der Waals surface area contributed by atoms with E-state index in [1.54, 1.807) is 18.4 Å². The Kier molecular flexibility index (Phi) is 4.95. The SMILES string of the molecule is O=C(C1CC=CCC1)N1CCN(CC(O)c2ccco2)CC1. The zero-order chi connectivity index (χ0) is 15.4. The van der Waals surface area contributed by atoms with Gasteiger partial charge in [0.05, 0.1) is 6.26 Å². The van der Waals surface area contributed by atoms with Crippen LogP contribution in [0.3, 0.4) is 0 Å². The summed E-state index contributed by atoms with van der Waals surface area (Å²) in [6, 6.07) is 3.58. The third-order valence-corrected chi connectivity index (χ3v) is 4.61. The molecule has 0 radical (unpaired) electrons. The number of hydrogen-bond donors (Lipinski definition) is 1. The predicted octanol–water partition coefficient (Wildman–Crippen LogP) is 1.81. The molecule has 120 valence electrons. The van der Waals surface area contributed by atoms with Crippen molar-refractivity contribution in [3.05, 3.63) is 36.3 Å². The number of piperazine rings is 1. The summed E-state index contributed by atoms with van der Waals surface area (Å²) in [6.07, 6.45) is 8.16. The van der Waals surface area contributed by atoms with Crippen molar-refractivity contribution in [1.82, 2.24) is 9.80 Å². The highest BCUT2D eigenvalue weighted by molar-refractivity contribution is 5.79. The fraction of sp³-hybridized carbons (Fsp3) is 0.588. The molecule has 1 aliphatic heterocycles. The van der Waals surface area contributed by atoms with Gasteiger partial charge in [-0.1, -0.05) is 12.2 Å². The molecule has 1 saturated heterocycles. The number of hydrogen-bond acceptors (Lipinski definition) is 4. The standard InChI is InChI=1S/C17H24N2O3/c20-15(16-7-4-12-22-16)13-18-8-10-19(11-9-18)17(21)14-5-2-1-3-6-14/h1-2,4,7,12,14-15,20H,3,5-6,8-11,13H2. The molecule has 0 aromatic carbocycles. The third-order valence-electron chi connectivity index (χ3n) is 4.61. The Morgan fingerprint density at radius 2 is 2.14 bits per heavy atom. The number of amides is 1. The molecular weight excluding hydrogens is 280 g/mol. The number of aliphatic hydroxyl groups excluding tert-OH is 1. The Bertz CT molecular complexity index is 504. The minimum atomic E-state index is -0.597. The molecular formula is C17H24N2O3. The van der Waals surface area contributed by atoms with Crippen molar-refractivity contribution in [2.45, 2.75) is 25.4 Å². The van der Waals surface area contributed by atoms with Gasteiger partial charge in [0.15, 0.2) is 0 Å². The maximum absolute atomic E-state index is 12.5. The first kappa shape index (κ1) is 15.3. The summed E-state index contributed by atoms with van der Waals surface area (Å²) in [5.41, 5.74) is 0. The van der Waals surface area contributed by atoms with E-state index in [4.69, 9.17) is 4.42 Å². The van der Waals surface area contributed by atoms with Gasteiger partial charge < -0.3 is 14.4 Å². The van der Waals surface area contributed by atoms with Crippen LogP contribution in [-0.2, 0) is 4.79 Å². The molecule has 1 aromatic rings. The first-order valence-electron chi connectivity index (χ1n) is 8.11. The summed E-state index contributed by atoms with van der Waals surface area (Å²) in [5, 5.41) is 10.1. The maximum Gasteiger partial charge on any atom is 0.226 e. The summed E-state index contributed by atoms with van der Waals surface area (Å²) >= 11 is 0. The van der Waals surface area contributed by atoms with Gasteiger partial charge in [-0.05, 0) is 31.4 Å². The predicted molar refractivity (Wildman–Crippen MR) is 83.2 cm³/mol. The van der Waals surface area contributed by atoms with E-state index >= 15 is 0 Å². The van der Waals surface area contributed by atoms with Crippen molar-refractivity contribution >= 4 is 5.91 Å². The molecule has 1 N–H and O–H groups in total. The molecule has 1 aliphatic carbocycles. The molecule has 2 unspecified atom stereocenters. The summed E-state index contributed by atoms with van der Waals surface area (Å²) in [6.45, 7) is 3.69. The summed E-state index contributed by atoms with van der Waals surface area (Å²) < 4.78 is 5.23. The van der Waals surface area contributed by atoms with Crippen LogP contribution in [0, 0.1) is 5.92 Å². The fourth-order valence-corrected chi connectivity index (χ4v) is 3.24. The van der Waals surface area contributed by atoms with Crippen molar-refractivity contribution in [1.29, 1.82) is 0 Å². The minimum absolute atomic E-state index is 0.172. The van der Waals surface area contributed by atoms with Gasteiger partial charge in [0.25, 0.3) is 0 Å². The van der Waals surface area contributed by atoms with E-state index in [-0.39, 0.29) is 5.92 Å². The van der Waals surface area contributed by atoms with Gasteiger partial charge in [0.2, 0.25) is 5.91 Å². The molecule has 5 nitrogen and oxygen atoms in total. The van der Waals surface area contributed by atoms with Crippen LogP contribution in [0.2, 0.25) is 0 Å². The topological polar surface area (TPSA) is 56.9 Å². The molecule has 2 heterocycles. The van der Waals surface area contributed by atoms with E-state index in [0.717, 1.165) is 45.4 Å². The van der Waals surface area contributed by atoms with E-state index in [1.165, 1.54) is 0 Å². The second-order valence-corrected chi connectivity index (χ2v) is 6.14. The maximum atomic E-state index is 12.5. The highest BCUT2D eigenvalue weighted by Crippen LogP contribution is 2.22. The smallest absolute Gasteiger partial charge is 0.226 e. The van der Waals surface area contributed by atoms with Gasteiger partial charge >= 0.3 is 0 Å². The zero-order valence-electron chi connectivity index (χ0n) is 12.9. The summed E-state index contributed by atoms with van der Waals surface area (Å²) in [5.74, 6) is 1.08. The van der Waals surface area contributed by atoms with E-state index in [0.29, 0.717) is 18.2 Å². The second-order valence-electron chi connectivity index (χ2n) is 6.14. The molecule has 1 fully saturated rings. The number of β-amino-alcohol motifs (C(OH)–C–C–N with tert-alkyl or cyclic N) is 1. The molecule has 0 bridgehead atoms. The molecule has 22 heavy (non-hydrogen) atoms. The van der Waals surface area contributed by atoms with Gasteiger partial charge in [-0.3, -0.25) is 9.69 Å². The van der Waals surface area contributed by atoms with Gasteiger partial charge in [0.1, 0.15) is 11.9 Å². The molecule has 0 spiro atoms. The summed E-state index contributed by atoms with van der Waals surface area (Å²) in [7, 11) is 0. The number of carbonyl (C=O) groups is 1. The lowest BCUT2D eigenvalue weighted by molar-refractivity contribution is -0.137. The molecule has 1 aromatic heterocycles. The normalized spacial score (nSPS) is 24.4. The number of furan rings is 1. The van der Waals surface area contributed by atoms with Gasteiger partial charge in [-0.25, -0.2) is 0 Å². The van der Waals surface area contributed by atoms with Crippen LogP contribution in [0.1, 0.15) is 31.1 Å². The lowest BCUT2D eigenvalue weighted by Crippen LogP contribution is -2.51.